The number of aryl methyl sites for hydroxylation is 1. The van der Waals surface area contributed by atoms with Gasteiger partial charge in [-0.2, -0.15) is 0 Å². The maximum Gasteiger partial charge on any atom is 0.280 e. The number of aliphatic imine (C=N–C) groups is 1. The number of nitro benzene ring substituents is 1. The molecule has 1 aromatic heterocycles. The summed E-state index contributed by atoms with van der Waals surface area (Å²) in [5, 5.41) is 13.8. The molecule has 0 spiro atoms. The van der Waals surface area contributed by atoms with Crippen LogP contribution in [0, 0.1) is 23.0 Å². The Balaban J connectivity index is 1.36. The SMILES string of the molecule is Cc1[nH]n(-c2ccc([N+](=O)[O-])cc2)c(=O)c1C=NCC1CCN(C(=O)c2ccccc2)CC1. The zero-order valence-corrected chi connectivity index (χ0v) is 18.3. The van der Waals surface area contributed by atoms with Gasteiger partial charge in [0, 0.05) is 49.2 Å². The van der Waals surface area contributed by atoms with E-state index < -0.39 is 4.92 Å². The van der Waals surface area contributed by atoms with Crippen LogP contribution in [0.1, 0.15) is 34.5 Å². The van der Waals surface area contributed by atoms with Gasteiger partial charge in [-0.1, -0.05) is 18.2 Å². The van der Waals surface area contributed by atoms with Crippen LogP contribution < -0.4 is 5.56 Å². The van der Waals surface area contributed by atoms with E-state index in [0.29, 0.717) is 48.1 Å². The summed E-state index contributed by atoms with van der Waals surface area (Å²) in [4.78, 5) is 42.1. The van der Waals surface area contributed by atoms with Crippen LogP contribution in [-0.4, -0.2) is 51.4 Å². The summed E-state index contributed by atoms with van der Waals surface area (Å²) in [5.74, 6) is 0.421. The lowest BCUT2D eigenvalue weighted by Gasteiger charge is -2.31. The Morgan fingerprint density at radius 3 is 2.45 bits per heavy atom. The van der Waals surface area contributed by atoms with E-state index in [4.69, 9.17) is 0 Å². The fraction of sp³-hybridized carbons (Fsp3) is 0.292. The molecule has 0 atom stereocenters. The van der Waals surface area contributed by atoms with E-state index in [-0.39, 0.29) is 17.2 Å². The zero-order chi connectivity index (χ0) is 23.4. The smallest absolute Gasteiger partial charge is 0.280 e. The molecule has 170 valence electrons. The molecule has 4 rings (SSSR count). The topological polar surface area (TPSA) is 114 Å². The van der Waals surface area contributed by atoms with Crippen LogP contribution in [0.3, 0.4) is 0 Å². The predicted octanol–water partition coefficient (Wildman–Crippen LogP) is 3.35. The molecule has 9 heteroatoms. The molecular formula is C24H25N5O4. The quantitative estimate of drug-likeness (QED) is 0.355. The summed E-state index contributed by atoms with van der Waals surface area (Å²) >= 11 is 0. The van der Waals surface area contributed by atoms with Gasteiger partial charge in [0.05, 0.1) is 16.2 Å². The van der Waals surface area contributed by atoms with Crippen LogP contribution in [0.2, 0.25) is 0 Å². The first-order chi connectivity index (χ1) is 15.9. The van der Waals surface area contributed by atoms with Crippen molar-refractivity contribution in [2.75, 3.05) is 19.6 Å². The van der Waals surface area contributed by atoms with Gasteiger partial charge >= 0.3 is 0 Å². The van der Waals surface area contributed by atoms with Crippen LogP contribution in [0.5, 0.6) is 0 Å². The number of likely N-dealkylation sites (tertiary alicyclic amines) is 1. The molecule has 0 radical (unpaired) electrons. The first-order valence-corrected chi connectivity index (χ1v) is 10.8. The van der Waals surface area contributed by atoms with Crippen LogP contribution in [-0.2, 0) is 0 Å². The summed E-state index contributed by atoms with van der Waals surface area (Å²) in [6.45, 7) is 3.78. The van der Waals surface area contributed by atoms with Gasteiger partial charge < -0.3 is 4.90 Å². The Morgan fingerprint density at radius 1 is 1.15 bits per heavy atom. The molecule has 1 N–H and O–H groups in total. The molecule has 1 amide bonds. The minimum Gasteiger partial charge on any atom is -0.339 e. The first-order valence-electron chi connectivity index (χ1n) is 10.8. The minimum atomic E-state index is -0.480. The maximum atomic E-state index is 12.8. The second kappa shape index (κ2) is 9.64. The van der Waals surface area contributed by atoms with Crippen LogP contribution in [0.4, 0.5) is 5.69 Å². The van der Waals surface area contributed by atoms with E-state index in [1.54, 1.807) is 13.1 Å². The molecule has 1 fully saturated rings. The van der Waals surface area contributed by atoms with Crippen molar-refractivity contribution in [1.82, 2.24) is 14.7 Å². The van der Waals surface area contributed by atoms with Crippen molar-refractivity contribution in [2.45, 2.75) is 19.8 Å². The average Bonchev–Trinajstić information content (AvgIpc) is 3.13. The molecule has 2 heterocycles. The summed E-state index contributed by atoms with van der Waals surface area (Å²) in [6, 6.07) is 15.1. The third kappa shape index (κ3) is 4.92. The molecule has 2 aromatic carbocycles. The number of benzene rings is 2. The number of hydrogen-bond acceptors (Lipinski definition) is 5. The summed E-state index contributed by atoms with van der Waals surface area (Å²) in [5.41, 5.74) is 2.07. The molecule has 1 aliphatic rings. The molecule has 0 saturated carbocycles. The molecule has 0 unspecified atom stereocenters. The van der Waals surface area contributed by atoms with Crippen LogP contribution >= 0.6 is 0 Å². The normalized spacial score (nSPS) is 14.6. The number of aromatic nitrogens is 2. The monoisotopic (exact) mass is 447 g/mol. The van der Waals surface area contributed by atoms with E-state index in [9.17, 15) is 19.7 Å². The van der Waals surface area contributed by atoms with Gasteiger partial charge in [-0.15, -0.1) is 0 Å². The Labute approximate surface area is 190 Å². The van der Waals surface area contributed by atoms with Crippen molar-refractivity contribution in [1.29, 1.82) is 0 Å². The van der Waals surface area contributed by atoms with Crippen molar-refractivity contribution >= 4 is 17.8 Å². The number of H-pyrrole nitrogens is 1. The highest BCUT2D eigenvalue weighted by Gasteiger charge is 2.23. The lowest BCUT2D eigenvalue weighted by molar-refractivity contribution is -0.384. The highest BCUT2D eigenvalue weighted by Crippen LogP contribution is 2.19. The molecule has 3 aromatic rings. The number of aromatic amines is 1. The number of nitro groups is 1. The molecular weight excluding hydrogens is 422 g/mol. The van der Waals surface area contributed by atoms with Gasteiger partial charge in [-0.05, 0) is 49.9 Å². The van der Waals surface area contributed by atoms with Gasteiger partial charge in [0.1, 0.15) is 0 Å². The number of carbonyl (C=O) groups excluding carboxylic acids is 1. The molecule has 0 aliphatic carbocycles. The Bertz CT molecular complexity index is 1220. The molecule has 1 aliphatic heterocycles. The third-order valence-electron chi connectivity index (χ3n) is 5.94. The van der Waals surface area contributed by atoms with Gasteiger partial charge in [-0.3, -0.25) is 29.8 Å². The van der Waals surface area contributed by atoms with Gasteiger partial charge in [-0.25, -0.2) is 4.68 Å². The highest BCUT2D eigenvalue weighted by molar-refractivity contribution is 5.94. The fourth-order valence-corrected chi connectivity index (χ4v) is 3.99. The van der Waals surface area contributed by atoms with E-state index in [1.165, 1.54) is 28.9 Å². The number of rotatable bonds is 6. The van der Waals surface area contributed by atoms with E-state index in [2.05, 4.69) is 10.1 Å². The van der Waals surface area contributed by atoms with E-state index in [1.807, 2.05) is 35.2 Å². The largest absolute Gasteiger partial charge is 0.339 e. The van der Waals surface area contributed by atoms with Crippen molar-refractivity contribution in [3.05, 3.63) is 91.9 Å². The van der Waals surface area contributed by atoms with Gasteiger partial charge in [0.15, 0.2) is 0 Å². The summed E-state index contributed by atoms with van der Waals surface area (Å²) < 4.78 is 1.36. The number of nitrogens with zero attached hydrogens (tertiary/aromatic N) is 4. The Hall–Kier alpha value is -4.01. The number of nitrogens with one attached hydrogen (secondary N) is 1. The molecule has 1 saturated heterocycles. The maximum absolute atomic E-state index is 12.8. The Kier molecular flexibility index (Phi) is 6.48. The standard InChI is InChI=1S/C24H25N5O4/c1-17-22(24(31)28(26-17)20-7-9-21(10-8-20)29(32)33)16-25-15-18-11-13-27(14-12-18)23(30)19-5-3-2-4-6-19/h2-10,16,18,26H,11-15H2,1H3. The lowest BCUT2D eigenvalue weighted by atomic mass is 9.96. The fourth-order valence-electron chi connectivity index (χ4n) is 3.99. The lowest BCUT2D eigenvalue weighted by Crippen LogP contribution is -2.39. The van der Waals surface area contributed by atoms with Crippen molar-refractivity contribution < 1.29 is 9.72 Å². The van der Waals surface area contributed by atoms with E-state index in [0.717, 1.165) is 12.8 Å². The molecule has 9 nitrogen and oxygen atoms in total. The summed E-state index contributed by atoms with van der Waals surface area (Å²) in [7, 11) is 0. The molecule has 33 heavy (non-hydrogen) atoms. The number of carbonyl (C=O) groups is 1. The van der Waals surface area contributed by atoms with Crippen LogP contribution in [0.15, 0.2) is 64.4 Å². The van der Waals surface area contributed by atoms with Gasteiger partial charge in [0.25, 0.3) is 17.2 Å². The third-order valence-corrected chi connectivity index (χ3v) is 5.94. The Morgan fingerprint density at radius 2 is 1.82 bits per heavy atom. The number of amides is 1. The predicted molar refractivity (Wildman–Crippen MR) is 125 cm³/mol. The first kappa shape index (κ1) is 22.2. The zero-order valence-electron chi connectivity index (χ0n) is 18.3. The number of hydrogen-bond donors (Lipinski definition) is 1. The van der Waals surface area contributed by atoms with Crippen molar-refractivity contribution in [3.8, 4) is 5.69 Å². The minimum absolute atomic E-state index is 0.0339. The van der Waals surface area contributed by atoms with Gasteiger partial charge in [0.2, 0.25) is 0 Å². The van der Waals surface area contributed by atoms with Crippen molar-refractivity contribution in [2.24, 2.45) is 10.9 Å². The second-order valence-electron chi connectivity index (χ2n) is 8.16. The number of non-ortho nitro benzene ring substituents is 1. The van der Waals surface area contributed by atoms with Crippen molar-refractivity contribution in [3.63, 3.8) is 0 Å². The summed E-state index contributed by atoms with van der Waals surface area (Å²) in [6.07, 6.45) is 3.33. The highest BCUT2D eigenvalue weighted by atomic mass is 16.6. The van der Waals surface area contributed by atoms with Crippen LogP contribution in [0.25, 0.3) is 5.69 Å². The average molecular weight is 447 g/mol. The second-order valence-corrected chi connectivity index (χ2v) is 8.16. The number of piperidine rings is 1. The van der Waals surface area contributed by atoms with E-state index >= 15 is 0 Å². The molecule has 0 bridgehead atoms.